The van der Waals surface area contributed by atoms with Crippen molar-refractivity contribution in [2.45, 2.75) is 6.18 Å². The van der Waals surface area contributed by atoms with Gasteiger partial charge in [0.2, 0.25) is 0 Å². The molecule has 0 bridgehead atoms. The second kappa shape index (κ2) is 7.59. The van der Waals surface area contributed by atoms with Crippen molar-refractivity contribution < 1.29 is 22.8 Å². The first-order chi connectivity index (χ1) is 12.6. The number of thiophene rings is 1. The third-order valence-corrected chi connectivity index (χ3v) is 5.47. The number of hydrogen-bond acceptors (Lipinski definition) is 5. The minimum Gasteiger partial charge on any atom is -0.298 e. The van der Waals surface area contributed by atoms with E-state index in [1.165, 1.54) is 24.3 Å². The number of nitrogens with zero attached hydrogens (tertiary/aromatic N) is 1. The Balaban J connectivity index is 1.97. The number of halogens is 5. The van der Waals surface area contributed by atoms with Gasteiger partial charge in [0.05, 0.1) is 4.88 Å². The molecule has 0 aliphatic rings. The highest BCUT2D eigenvalue weighted by molar-refractivity contribution is 7.19. The summed E-state index contributed by atoms with van der Waals surface area (Å²) in [5, 5.41) is 4.32. The van der Waals surface area contributed by atoms with E-state index in [-0.39, 0.29) is 26.4 Å². The van der Waals surface area contributed by atoms with Gasteiger partial charge in [-0.15, -0.1) is 11.3 Å². The average Bonchev–Trinajstić information content (AvgIpc) is 3.21. The van der Waals surface area contributed by atoms with Gasteiger partial charge in [-0.25, -0.2) is 4.98 Å². The summed E-state index contributed by atoms with van der Waals surface area (Å²) in [5.41, 5.74) is -0.0270. The predicted molar refractivity (Wildman–Crippen MR) is 100 cm³/mol. The highest BCUT2D eigenvalue weighted by atomic mass is 35.5. The normalized spacial score (nSPS) is 11.4. The Morgan fingerprint density at radius 2 is 1.78 bits per heavy atom. The van der Waals surface area contributed by atoms with Crippen molar-refractivity contribution >= 4 is 62.7 Å². The molecule has 0 saturated carbocycles. The topological polar surface area (TPSA) is 59.1 Å². The molecule has 0 aliphatic carbocycles. The Hall–Kier alpha value is -1.94. The zero-order chi connectivity index (χ0) is 19.8. The van der Waals surface area contributed by atoms with Crippen molar-refractivity contribution in [2.24, 2.45) is 0 Å². The number of anilines is 1. The molecule has 2 aromatic heterocycles. The lowest BCUT2D eigenvalue weighted by atomic mass is 10.2. The maximum Gasteiger partial charge on any atom is 0.455 e. The number of benzene rings is 1. The molecule has 0 saturated heterocycles. The molecule has 0 fully saturated rings. The van der Waals surface area contributed by atoms with Gasteiger partial charge in [-0.3, -0.25) is 14.9 Å². The van der Waals surface area contributed by atoms with Crippen LogP contribution in [0.25, 0.3) is 10.6 Å². The molecule has 0 aliphatic heterocycles. The van der Waals surface area contributed by atoms with E-state index in [2.05, 4.69) is 10.3 Å². The second-order valence-corrected chi connectivity index (χ2v) is 7.93. The maximum absolute atomic E-state index is 12.9. The van der Waals surface area contributed by atoms with Crippen LogP contribution in [0, 0.1) is 0 Å². The molecule has 1 amide bonds. The molecule has 0 radical (unpaired) electrons. The quantitative estimate of drug-likeness (QED) is 0.483. The van der Waals surface area contributed by atoms with Crippen LogP contribution in [0.1, 0.15) is 20.0 Å². The summed E-state index contributed by atoms with van der Waals surface area (Å²) in [6.07, 6.45) is -5.06. The van der Waals surface area contributed by atoms with Crippen LogP contribution in [0.4, 0.5) is 18.3 Å². The molecule has 3 rings (SSSR count). The van der Waals surface area contributed by atoms with Crippen LogP contribution in [-0.2, 0) is 0 Å². The van der Waals surface area contributed by atoms with Crippen LogP contribution in [0.2, 0.25) is 10.0 Å². The number of carbonyl (C=O) groups is 2. The average molecular weight is 451 g/mol. The van der Waals surface area contributed by atoms with Crippen LogP contribution in [-0.4, -0.2) is 22.9 Å². The summed E-state index contributed by atoms with van der Waals surface area (Å²) in [5.74, 6) is -2.69. The predicted octanol–water partition coefficient (Wildman–Crippen LogP) is 6.18. The van der Waals surface area contributed by atoms with Crippen molar-refractivity contribution in [3.8, 4) is 10.6 Å². The third-order valence-electron chi connectivity index (χ3n) is 3.19. The van der Waals surface area contributed by atoms with E-state index < -0.39 is 22.7 Å². The molecule has 4 nitrogen and oxygen atoms in total. The van der Waals surface area contributed by atoms with Crippen molar-refractivity contribution in [3.63, 3.8) is 0 Å². The molecular weight excluding hydrogens is 444 g/mol. The van der Waals surface area contributed by atoms with Gasteiger partial charge in [0.1, 0.15) is 10.6 Å². The summed E-state index contributed by atoms with van der Waals surface area (Å²) in [6, 6.07) is 7.28. The number of amides is 1. The SMILES string of the molecule is O=C(Nc1nc(-c2cccs2)c(C(=O)C(F)(F)F)s1)c1cc(Cl)cc(Cl)c1. The van der Waals surface area contributed by atoms with Crippen LogP contribution in [0.3, 0.4) is 0 Å². The lowest BCUT2D eigenvalue weighted by Crippen LogP contribution is -2.22. The number of carbonyl (C=O) groups excluding carboxylic acids is 2. The van der Waals surface area contributed by atoms with Gasteiger partial charge in [-0.05, 0) is 29.6 Å². The largest absolute Gasteiger partial charge is 0.455 e. The van der Waals surface area contributed by atoms with E-state index in [0.717, 1.165) is 11.3 Å². The first kappa shape index (κ1) is 19.8. The Morgan fingerprint density at radius 1 is 1.11 bits per heavy atom. The lowest BCUT2D eigenvalue weighted by Gasteiger charge is -2.03. The van der Waals surface area contributed by atoms with Gasteiger partial charge in [0.25, 0.3) is 11.7 Å². The Morgan fingerprint density at radius 3 is 2.33 bits per heavy atom. The summed E-state index contributed by atoms with van der Waals surface area (Å²) in [6.45, 7) is 0. The number of ketones is 1. The minimum atomic E-state index is -5.06. The molecule has 0 spiro atoms. The monoisotopic (exact) mass is 450 g/mol. The fraction of sp³-hybridized carbons (Fsp3) is 0.0625. The van der Waals surface area contributed by atoms with E-state index in [4.69, 9.17) is 23.2 Å². The first-order valence-corrected chi connectivity index (χ1v) is 9.54. The fourth-order valence-corrected chi connectivity index (χ4v) is 4.34. The van der Waals surface area contributed by atoms with Gasteiger partial charge in [-0.1, -0.05) is 40.6 Å². The number of Topliss-reactive ketones (excluding diaryl/α,β-unsaturated/α-hetero) is 1. The Kier molecular flexibility index (Phi) is 5.57. The van der Waals surface area contributed by atoms with Gasteiger partial charge in [-0.2, -0.15) is 13.2 Å². The van der Waals surface area contributed by atoms with Crippen molar-refractivity contribution in [1.29, 1.82) is 0 Å². The summed E-state index contributed by atoms with van der Waals surface area (Å²) in [4.78, 5) is 27.9. The molecule has 1 N–H and O–H groups in total. The van der Waals surface area contributed by atoms with Gasteiger partial charge >= 0.3 is 6.18 Å². The smallest absolute Gasteiger partial charge is 0.298 e. The molecule has 2 heterocycles. The van der Waals surface area contributed by atoms with Crippen molar-refractivity contribution in [3.05, 3.63) is 56.2 Å². The third kappa shape index (κ3) is 4.49. The Bertz CT molecular complexity index is 997. The Labute approximate surface area is 168 Å². The molecule has 27 heavy (non-hydrogen) atoms. The van der Waals surface area contributed by atoms with Crippen LogP contribution in [0.15, 0.2) is 35.7 Å². The number of rotatable bonds is 4. The number of nitrogens with one attached hydrogen (secondary N) is 1. The second-order valence-electron chi connectivity index (χ2n) is 5.11. The van der Waals surface area contributed by atoms with Crippen LogP contribution >= 0.6 is 45.9 Å². The number of alkyl halides is 3. The highest BCUT2D eigenvalue weighted by Gasteiger charge is 2.42. The zero-order valence-corrected chi connectivity index (χ0v) is 16.1. The molecule has 11 heteroatoms. The molecule has 0 atom stereocenters. The lowest BCUT2D eigenvalue weighted by molar-refractivity contribution is -0.0882. The number of thiazole rings is 1. The maximum atomic E-state index is 12.9. The van der Waals surface area contributed by atoms with E-state index in [9.17, 15) is 22.8 Å². The fourth-order valence-electron chi connectivity index (χ4n) is 2.09. The van der Waals surface area contributed by atoms with Crippen molar-refractivity contribution in [1.82, 2.24) is 4.98 Å². The molecule has 1 aromatic carbocycles. The standard InChI is InChI=1S/C16H7Cl2F3N2O2S2/c17-8-4-7(5-9(18)6-8)14(25)23-15-22-11(10-2-1-3-26-10)12(27-15)13(24)16(19,20)21/h1-6H,(H,22,23,25). The first-order valence-electron chi connectivity index (χ1n) is 7.09. The van der Waals surface area contributed by atoms with Crippen LogP contribution in [0.5, 0.6) is 0 Å². The van der Waals surface area contributed by atoms with Gasteiger partial charge in [0, 0.05) is 15.6 Å². The number of hydrogen-bond donors (Lipinski definition) is 1. The number of aromatic nitrogens is 1. The summed E-state index contributed by atoms with van der Waals surface area (Å²) < 4.78 is 38.7. The van der Waals surface area contributed by atoms with E-state index in [1.807, 2.05) is 0 Å². The minimum absolute atomic E-state index is 0.101. The molecule has 3 aromatic rings. The van der Waals surface area contributed by atoms with Gasteiger partial charge < -0.3 is 0 Å². The van der Waals surface area contributed by atoms with E-state index in [0.29, 0.717) is 16.2 Å². The highest BCUT2D eigenvalue weighted by Crippen LogP contribution is 2.37. The van der Waals surface area contributed by atoms with E-state index >= 15 is 0 Å². The van der Waals surface area contributed by atoms with Crippen LogP contribution < -0.4 is 5.32 Å². The van der Waals surface area contributed by atoms with Crippen molar-refractivity contribution in [2.75, 3.05) is 5.32 Å². The molecular formula is C16H7Cl2F3N2O2S2. The van der Waals surface area contributed by atoms with Gasteiger partial charge in [0.15, 0.2) is 5.13 Å². The molecule has 140 valence electrons. The molecule has 0 unspecified atom stereocenters. The summed E-state index contributed by atoms with van der Waals surface area (Å²) in [7, 11) is 0. The van der Waals surface area contributed by atoms with E-state index in [1.54, 1.807) is 11.4 Å². The summed E-state index contributed by atoms with van der Waals surface area (Å²) >= 11 is 13.3. The zero-order valence-electron chi connectivity index (χ0n) is 12.9.